The van der Waals surface area contributed by atoms with Crippen molar-refractivity contribution in [2.24, 2.45) is 0 Å². The smallest absolute Gasteiger partial charge is 0.321 e. The maximum absolute atomic E-state index is 14.0. The van der Waals surface area contributed by atoms with E-state index in [1.165, 1.54) is 6.07 Å². The lowest BCUT2D eigenvalue weighted by molar-refractivity contribution is 0.215. The van der Waals surface area contributed by atoms with Crippen LogP contribution in [0.5, 0.6) is 0 Å². The SMILES string of the molecule is Cc1ccccc1NC(=O)N1CCSC(c2ccccc2F)CC1. The van der Waals surface area contributed by atoms with Crippen LogP contribution in [0.2, 0.25) is 0 Å². The van der Waals surface area contributed by atoms with Crippen molar-refractivity contribution in [3.05, 3.63) is 65.5 Å². The van der Waals surface area contributed by atoms with Crippen LogP contribution in [0, 0.1) is 12.7 Å². The summed E-state index contributed by atoms with van der Waals surface area (Å²) in [7, 11) is 0. The van der Waals surface area contributed by atoms with Crippen LogP contribution in [0.15, 0.2) is 48.5 Å². The average Bonchev–Trinajstić information content (AvgIpc) is 2.83. The van der Waals surface area contributed by atoms with E-state index in [0.29, 0.717) is 13.1 Å². The number of hydrogen-bond acceptors (Lipinski definition) is 2. The lowest BCUT2D eigenvalue weighted by Crippen LogP contribution is -2.36. The number of aryl methyl sites for hydroxylation is 1. The summed E-state index contributed by atoms with van der Waals surface area (Å²) in [6.07, 6.45) is 0.757. The summed E-state index contributed by atoms with van der Waals surface area (Å²) in [6.45, 7) is 3.28. The van der Waals surface area contributed by atoms with Crippen LogP contribution in [0.3, 0.4) is 0 Å². The summed E-state index contributed by atoms with van der Waals surface area (Å²) >= 11 is 1.72. The van der Waals surface area contributed by atoms with Crippen molar-refractivity contribution in [1.29, 1.82) is 0 Å². The third kappa shape index (κ3) is 3.90. The number of thioether (sulfide) groups is 1. The number of anilines is 1. The third-order valence-electron chi connectivity index (χ3n) is 4.27. The Balaban J connectivity index is 1.64. The lowest BCUT2D eigenvalue weighted by atomic mass is 10.1. The first kappa shape index (κ1) is 16.8. The van der Waals surface area contributed by atoms with Gasteiger partial charge in [0.2, 0.25) is 0 Å². The molecule has 1 aliphatic rings. The van der Waals surface area contributed by atoms with Gasteiger partial charge in [-0.25, -0.2) is 9.18 Å². The van der Waals surface area contributed by atoms with Crippen molar-refractivity contribution in [2.45, 2.75) is 18.6 Å². The summed E-state index contributed by atoms with van der Waals surface area (Å²) in [5.74, 6) is 0.646. The van der Waals surface area contributed by atoms with Gasteiger partial charge < -0.3 is 10.2 Å². The van der Waals surface area contributed by atoms with Gasteiger partial charge >= 0.3 is 6.03 Å². The Morgan fingerprint density at radius 2 is 1.92 bits per heavy atom. The van der Waals surface area contributed by atoms with Gasteiger partial charge in [0.25, 0.3) is 0 Å². The van der Waals surface area contributed by atoms with Gasteiger partial charge in [-0.15, -0.1) is 0 Å². The molecule has 1 aliphatic heterocycles. The topological polar surface area (TPSA) is 32.3 Å². The second-order valence-electron chi connectivity index (χ2n) is 5.90. The van der Waals surface area contributed by atoms with Crippen LogP contribution >= 0.6 is 11.8 Å². The fourth-order valence-corrected chi connectivity index (χ4v) is 4.12. The molecule has 5 heteroatoms. The van der Waals surface area contributed by atoms with Gasteiger partial charge in [0.05, 0.1) is 0 Å². The number of nitrogens with zero attached hydrogens (tertiary/aromatic N) is 1. The van der Waals surface area contributed by atoms with Crippen molar-refractivity contribution in [1.82, 2.24) is 4.90 Å². The van der Waals surface area contributed by atoms with Crippen molar-refractivity contribution in [3.8, 4) is 0 Å². The maximum atomic E-state index is 14.0. The monoisotopic (exact) mass is 344 g/mol. The average molecular weight is 344 g/mol. The Bertz CT molecular complexity index is 722. The summed E-state index contributed by atoms with van der Waals surface area (Å²) in [5.41, 5.74) is 2.62. The quantitative estimate of drug-likeness (QED) is 0.845. The van der Waals surface area contributed by atoms with E-state index in [2.05, 4.69) is 5.32 Å². The molecule has 2 aromatic carbocycles. The summed E-state index contributed by atoms with van der Waals surface area (Å²) in [6, 6.07) is 14.6. The molecule has 1 atom stereocenters. The highest BCUT2D eigenvalue weighted by atomic mass is 32.2. The molecule has 0 aromatic heterocycles. The van der Waals surface area contributed by atoms with Crippen LogP contribution in [-0.4, -0.2) is 29.8 Å². The number of amides is 2. The molecule has 0 saturated carbocycles. The molecule has 1 fully saturated rings. The molecule has 24 heavy (non-hydrogen) atoms. The number of rotatable bonds is 2. The molecular formula is C19H21FN2OS. The fraction of sp³-hybridized carbons (Fsp3) is 0.316. The Morgan fingerprint density at radius 1 is 1.17 bits per heavy atom. The Labute approximate surface area is 146 Å². The van der Waals surface area contributed by atoms with Crippen LogP contribution < -0.4 is 5.32 Å². The molecule has 1 unspecified atom stereocenters. The highest BCUT2D eigenvalue weighted by molar-refractivity contribution is 7.99. The van der Waals surface area contributed by atoms with Crippen LogP contribution in [0.25, 0.3) is 0 Å². The summed E-state index contributed by atoms with van der Waals surface area (Å²) < 4.78 is 14.0. The summed E-state index contributed by atoms with van der Waals surface area (Å²) in [4.78, 5) is 14.3. The molecule has 2 amide bonds. The van der Waals surface area contributed by atoms with Crippen molar-refractivity contribution in [3.63, 3.8) is 0 Å². The zero-order valence-corrected chi connectivity index (χ0v) is 14.5. The molecule has 3 rings (SSSR count). The number of nitrogens with one attached hydrogen (secondary N) is 1. The molecule has 1 N–H and O–H groups in total. The number of para-hydroxylation sites is 1. The lowest BCUT2D eigenvalue weighted by Gasteiger charge is -2.21. The summed E-state index contributed by atoms with van der Waals surface area (Å²) in [5, 5.41) is 3.08. The van der Waals surface area contributed by atoms with Gasteiger partial charge in [0, 0.05) is 35.3 Å². The van der Waals surface area contributed by atoms with Crippen LogP contribution in [0.4, 0.5) is 14.9 Å². The van der Waals surface area contributed by atoms with E-state index < -0.39 is 0 Å². The normalized spacial score (nSPS) is 18.1. The van der Waals surface area contributed by atoms with Gasteiger partial charge in [0.15, 0.2) is 0 Å². The second kappa shape index (κ2) is 7.71. The molecule has 2 aromatic rings. The molecule has 126 valence electrons. The zero-order valence-electron chi connectivity index (χ0n) is 13.7. The predicted molar refractivity (Wildman–Crippen MR) is 98.0 cm³/mol. The van der Waals surface area contributed by atoms with Crippen molar-refractivity contribution >= 4 is 23.5 Å². The number of benzene rings is 2. The van der Waals surface area contributed by atoms with E-state index in [1.54, 1.807) is 17.8 Å². The van der Waals surface area contributed by atoms with Gasteiger partial charge in [-0.05, 0) is 31.0 Å². The molecular weight excluding hydrogens is 323 g/mol. The molecule has 0 radical (unpaired) electrons. The number of carbonyl (C=O) groups is 1. The number of hydrogen-bond donors (Lipinski definition) is 1. The molecule has 3 nitrogen and oxygen atoms in total. The van der Waals surface area contributed by atoms with E-state index in [1.807, 2.05) is 48.2 Å². The first-order valence-corrected chi connectivity index (χ1v) is 9.17. The fourth-order valence-electron chi connectivity index (χ4n) is 2.87. The van der Waals surface area contributed by atoms with Crippen molar-refractivity contribution in [2.75, 3.05) is 24.2 Å². The van der Waals surface area contributed by atoms with E-state index in [0.717, 1.165) is 29.0 Å². The third-order valence-corrected chi connectivity index (χ3v) is 5.58. The molecule has 0 bridgehead atoms. The first-order valence-electron chi connectivity index (χ1n) is 8.13. The predicted octanol–water partition coefficient (Wildman–Crippen LogP) is 4.85. The highest BCUT2D eigenvalue weighted by Gasteiger charge is 2.23. The van der Waals surface area contributed by atoms with Crippen LogP contribution in [0.1, 0.15) is 22.8 Å². The highest BCUT2D eigenvalue weighted by Crippen LogP contribution is 2.35. The minimum absolute atomic E-state index is 0.0842. The van der Waals surface area contributed by atoms with Gasteiger partial charge in [-0.3, -0.25) is 0 Å². The van der Waals surface area contributed by atoms with E-state index in [9.17, 15) is 9.18 Å². The molecule has 0 aliphatic carbocycles. The Hall–Kier alpha value is -2.01. The molecule has 1 saturated heterocycles. The standard InChI is InChI=1S/C19H21FN2OS/c1-14-6-2-5-9-17(14)21-19(23)22-11-10-18(24-13-12-22)15-7-3-4-8-16(15)20/h2-9,18H,10-13H2,1H3,(H,21,23). The Morgan fingerprint density at radius 3 is 2.71 bits per heavy atom. The second-order valence-corrected chi connectivity index (χ2v) is 7.21. The largest absolute Gasteiger partial charge is 0.324 e. The molecule has 0 spiro atoms. The number of urea groups is 1. The Kier molecular flexibility index (Phi) is 5.41. The molecule has 1 heterocycles. The van der Waals surface area contributed by atoms with E-state index in [-0.39, 0.29) is 17.1 Å². The van der Waals surface area contributed by atoms with Gasteiger partial charge in [0.1, 0.15) is 5.82 Å². The van der Waals surface area contributed by atoms with Crippen LogP contribution in [-0.2, 0) is 0 Å². The van der Waals surface area contributed by atoms with E-state index in [4.69, 9.17) is 0 Å². The van der Waals surface area contributed by atoms with E-state index >= 15 is 0 Å². The minimum atomic E-state index is -0.159. The van der Waals surface area contributed by atoms with Crippen molar-refractivity contribution < 1.29 is 9.18 Å². The zero-order chi connectivity index (χ0) is 16.9. The first-order chi connectivity index (χ1) is 11.6. The number of halogens is 1. The van der Waals surface area contributed by atoms with Gasteiger partial charge in [-0.2, -0.15) is 11.8 Å². The maximum Gasteiger partial charge on any atom is 0.321 e. The van der Waals surface area contributed by atoms with Gasteiger partial charge in [-0.1, -0.05) is 36.4 Å². The number of carbonyl (C=O) groups excluding carboxylic acids is 1. The minimum Gasteiger partial charge on any atom is -0.324 e.